The van der Waals surface area contributed by atoms with Crippen LogP contribution in [0.1, 0.15) is 55.0 Å². The summed E-state index contributed by atoms with van der Waals surface area (Å²) in [5.41, 5.74) is 2.66. The van der Waals surface area contributed by atoms with E-state index in [0.29, 0.717) is 22.9 Å². The molecule has 0 unspecified atom stereocenters. The van der Waals surface area contributed by atoms with Gasteiger partial charge < -0.3 is 21.3 Å². The van der Waals surface area contributed by atoms with Crippen molar-refractivity contribution in [2.45, 2.75) is 52.4 Å². The molecule has 0 aliphatic carbocycles. The van der Waals surface area contributed by atoms with E-state index in [9.17, 15) is 9.18 Å². The molecule has 1 amide bonds. The number of fused-ring (bicyclic) bond motifs is 1. The van der Waals surface area contributed by atoms with Gasteiger partial charge in [-0.2, -0.15) is 0 Å². The van der Waals surface area contributed by atoms with E-state index in [0.717, 1.165) is 25.2 Å². The molecule has 0 fully saturated rings. The van der Waals surface area contributed by atoms with Gasteiger partial charge in [0.15, 0.2) is 11.5 Å². The van der Waals surface area contributed by atoms with Gasteiger partial charge in [-0.05, 0) is 70.0 Å². The van der Waals surface area contributed by atoms with Crippen molar-refractivity contribution in [3.05, 3.63) is 65.2 Å². The van der Waals surface area contributed by atoms with Crippen molar-refractivity contribution in [1.29, 1.82) is 0 Å². The lowest BCUT2D eigenvalue weighted by molar-refractivity contribution is 0.0943. The zero-order chi connectivity index (χ0) is 24.3. The summed E-state index contributed by atoms with van der Waals surface area (Å²) in [4.78, 5) is 25.6. The van der Waals surface area contributed by atoms with Crippen LogP contribution in [0.3, 0.4) is 0 Å². The summed E-state index contributed by atoms with van der Waals surface area (Å²) in [6.45, 7) is 8.39. The van der Waals surface area contributed by atoms with Crippen LogP contribution in [0.2, 0.25) is 0 Å². The average molecular weight is 464 g/mol. The predicted molar refractivity (Wildman–Crippen MR) is 131 cm³/mol. The summed E-state index contributed by atoms with van der Waals surface area (Å²) < 4.78 is 14.4. The fourth-order valence-corrected chi connectivity index (χ4v) is 3.71. The van der Waals surface area contributed by atoms with Gasteiger partial charge in [-0.1, -0.05) is 6.07 Å². The Labute approximate surface area is 198 Å². The van der Waals surface area contributed by atoms with Crippen LogP contribution in [0, 0.1) is 0 Å². The maximum Gasteiger partial charge on any atom is 0.255 e. The first kappa shape index (κ1) is 23.6. The molecule has 0 saturated heterocycles. The Morgan fingerprint density at radius 3 is 2.68 bits per heavy atom. The molecule has 4 rings (SSSR count). The number of carbonyl (C=O) groups is 1. The van der Waals surface area contributed by atoms with E-state index < -0.39 is 5.67 Å². The van der Waals surface area contributed by atoms with Crippen molar-refractivity contribution in [3.8, 4) is 0 Å². The van der Waals surface area contributed by atoms with Crippen molar-refractivity contribution >= 4 is 28.9 Å². The second kappa shape index (κ2) is 9.72. The number of benzene rings is 1. The molecule has 1 aromatic carbocycles. The number of rotatable bonds is 7. The number of nitrogens with zero attached hydrogens (tertiary/aromatic N) is 3. The minimum atomic E-state index is -1.69. The van der Waals surface area contributed by atoms with E-state index >= 15 is 0 Å². The highest BCUT2D eigenvalue weighted by atomic mass is 19.1. The molecule has 0 bridgehead atoms. The standard InChI is InChI=1S/C25H30FN7O/c1-15(2)30-23(34)19-14-29-22(31-18-6-5-16-7-9-27-13-17(16)11-18)12-20(19)32-21-8-10-28-24(33-21)25(3,4)26/h5-6,8,10-12,14-15,27H,7,9,13H2,1-4H3,(H,30,34)(H2,28,29,31,32,33). The van der Waals surface area contributed by atoms with Crippen molar-refractivity contribution in [1.82, 2.24) is 25.6 Å². The fourth-order valence-electron chi connectivity index (χ4n) is 3.71. The molecule has 0 radical (unpaired) electrons. The van der Waals surface area contributed by atoms with Crippen LogP contribution in [-0.2, 0) is 18.6 Å². The van der Waals surface area contributed by atoms with Crippen LogP contribution in [-0.4, -0.2) is 33.4 Å². The number of anilines is 4. The molecule has 9 heteroatoms. The third-order valence-electron chi connectivity index (χ3n) is 5.38. The molecule has 0 atom stereocenters. The Bertz CT molecular complexity index is 1190. The van der Waals surface area contributed by atoms with Gasteiger partial charge in [-0.3, -0.25) is 4.79 Å². The van der Waals surface area contributed by atoms with Gasteiger partial charge in [-0.15, -0.1) is 0 Å². The molecular formula is C25H30FN7O. The minimum absolute atomic E-state index is 0.0414. The summed E-state index contributed by atoms with van der Waals surface area (Å²) in [6.07, 6.45) is 4.02. The van der Waals surface area contributed by atoms with Gasteiger partial charge in [-0.25, -0.2) is 19.3 Å². The number of carbonyl (C=O) groups excluding carboxylic acids is 1. The van der Waals surface area contributed by atoms with Crippen molar-refractivity contribution < 1.29 is 9.18 Å². The number of hydrogen-bond acceptors (Lipinski definition) is 7. The maximum atomic E-state index is 14.4. The molecule has 4 N–H and O–H groups in total. The smallest absolute Gasteiger partial charge is 0.255 e. The Morgan fingerprint density at radius 2 is 1.91 bits per heavy atom. The molecule has 0 spiro atoms. The Morgan fingerprint density at radius 1 is 1.09 bits per heavy atom. The second-order valence-corrected chi connectivity index (χ2v) is 9.14. The first-order chi connectivity index (χ1) is 16.2. The zero-order valence-electron chi connectivity index (χ0n) is 19.9. The van der Waals surface area contributed by atoms with Crippen LogP contribution < -0.4 is 21.3 Å². The Kier molecular flexibility index (Phi) is 6.74. The fraction of sp³-hybridized carbons (Fsp3) is 0.360. The Balaban J connectivity index is 1.65. The van der Waals surface area contributed by atoms with E-state index in [2.05, 4.69) is 48.4 Å². The largest absolute Gasteiger partial charge is 0.350 e. The van der Waals surface area contributed by atoms with Crippen LogP contribution in [0.15, 0.2) is 42.7 Å². The second-order valence-electron chi connectivity index (χ2n) is 9.14. The van der Waals surface area contributed by atoms with Gasteiger partial charge in [0.1, 0.15) is 11.6 Å². The number of aromatic nitrogens is 3. The van der Waals surface area contributed by atoms with Crippen LogP contribution in [0.25, 0.3) is 0 Å². The normalized spacial score (nSPS) is 13.4. The lowest BCUT2D eigenvalue weighted by Gasteiger charge is -2.19. The topological polar surface area (TPSA) is 104 Å². The van der Waals surface area contributed by atoms with E-state index in [4.69, 9.17) is 0 Å². The van der Waals surface area contributed by atoms with Crippen molar-refractivity contribution in [2.75, 3.05) is 17.2 Å². The SMILES string of the molecule is CC(C)NC(=O)c1cnc(Nc2ccc3c(c2)CNCC3)cc1Nc1ccnc(C(C)(C)F)n1. The minimum Gasteiger partial charge on any atom is -0.350 e. The van der Waals surface area contributed by atoms with Crippen LogP contribution in [0.5, 0.6) is 0 Å². The highest BCUT2D eigenvalue weighted by Gasteiger charge is 2.23. The third-order valence-corrected chi connectivity index (χ3v) is 5.38. The van der Waals surface area contributed by atoms with Crippen molar-refractivity contribution in [3.63, 3.8) is 0 Å². The lowest BCUT2D eigenvalue weighted by Crippen LogP contribution is -2.30. The number of pyridine rings is 1. The van der Waals surface area contributed by atoms with Gasteiger partial charge in [0.2, 0.25) is 0 Å². The number of hydrogen-bond donors (Lipinski definition) is 4. The molecule has 34 heavy (non-hydrogen) atoms. The lowest BCUT2D eigenvalue weighted by atomic mass is 10.0. The number of alkyl halides is 1. The first-order valence-corrected chi connectivity index (χ1v) is 11.4. The molecule has 3 aromatic rings. The molecular weight excluding hydrogens is 433 g/mol. The van der Waals surface area contributed by atoms with Gasteiger partial charge in [0.25, 0.3) is 5.91 Å². The monoisotopic (exact) mass is 463 g/mol. The van der Waals surface area contributed by atoms with E-state index in [1.54, 1.807) is 12.1 Å². The summed E-state index contributed by atoms with van der Waals surface area (Å²) in [7, 11) is 0. The summed E-state index contributed by atoms with van der Waals surface area (Å²) >= 11 is 0. The average Bonchev–Trinajstić information content (AvgIpc) is 2.78. The summed E-state index contributed by atoms with van der Waals surface area (Å²) in [5.74, 6) is 0.732. The Hall–Kier alpha value is -3.59. The van der Waals surface area contributed by atoms with Gasteiger partial charge >= 0.3 is 0 Å². The molecule has 0 saturated carbocycles. The van der Waals surface area contributed by atoms with Gasteiger partial charge in [0, 0.05) is 36.7 Å². The molecule has 8 nitrogen and oxygen atoms in total. The molecule has 3 heterocycles. The number of amides is 1. The molecule has 178 valence electrons. The van der Waals surface area contributed by atoms with E-state index in [1.165, 1.54) is 37.4 Å². The predicted octanol–water partition coefficient (Wildman–Crippen LogP) is 4.35. The zero-order valence-corrected chi connectivity index (χ0v) is 19.9. The van der Waals surface area contributed by atoms with Crippen LogP contribution >= 0.6 is 0 Å². The first-order valence-electron chi connectivity index (χ1n) is 11.4. The molecule has 2 aromatic heterocycles. The van der Waals surface area contributed by atoms with Crippen LogP contribution in [0.4, 0.5) is 27.4 Å². The van der Waals surface area contributed by atoms with Crippen molar-refractivity contribution in [2.24, 2.45) is 0 Å². The molecule has 1 aliphatic rings. The highest BCUT2D eigenvalue weighted by molar-refractivity contribution is 6.00. The number of halogens is 1. The van der Waals surface area contributed by atoms with E-state index in [1.807, 2.05) is 19.9 Å². The number of nitrogens with one attached hydrogen (secondary N) is 4. The van der Waals surface area contributed by atoms with Gasteiger partial charge in [0.05, 0.1) is 11.3 Å². The quantitative estimate of drug-likeness (QED) is 0.413. The maximum absolute atomic E-state index is 14.4. The van der Waals surface area contributed by atoms with E-state index in [-0.39, 0.29) is 17.8 Å². The highest BCUT2D eigenvalue weighted by Crippen LogP contribution is 2.27. The third kappa shape index (κ3) is 5.66. The molecule has 1 aliphatic heterocycles. The summed E-state index contributed by atoms with van der Waals surface area (Å²) in [6, 6.07) is 9.59. The summed E-state index contributed by atoms with van der Waals surface area (Å²) in [5, 5.41) is 12.7.